The van der Waals surface area contributed by atoms with Gasteiger partial charge < -0.3 is 5.32 Å². The molecule has 0 aliphatic carbocycles. The van der Waals surface area contributed by atoms with Crippen LogP contribution in [0.2, 0.25) is 0 Å². The smallest absolute Gasteiger partial charge is 0.267 e. The summed E-state index contributed by atoms with van der Waals surface area (Å²) in [6, 6.07) is 6.52. The molecule has 0 bridgehead atoms. The normalized spacial score (nSPS) is 11.1. The molecule has 0 fully saturated rings. The second-order valence-electron chi connectivity index (χ2n) is 4.26. The highest BCUT2D eigenvalue weighted by molar-refractivity contribution is 7.93. The van der Waals surface area contributed by atoms with Crippen LogP contribution in [-0.2, 0) is 10.0 Å². The van der Waals surface area contributed by atoms with Gasteiger partial charge in [-0.2, -0.15) is 0 Å². The number of aromatic nitrogens is 2. The molecule has 1 N–H and O–H groups in total. The number of hydrogen-bond acceptors (Lipinski definition) is 5. The number of hydrogen-bond donors (Lipinski definition) is 1. The molecule has 0 amide bonds. The summed E-state index contributed by atoms with van der Waals surface area (Å²) in [7, 11) is -3.68. The van der Waals surface area contributed by atoms with Crippen molar-refractivity contribution in [2.24, 2.45) is 0 Å². The first-order chi connectivity index (χ1) is 10.1. The van der Waals surface area contributed by atoms with Crippen LogP contribution in [0.1, 0.15) is 13.8 Å². The van der Waals surface area contributed by atoms with Crippen molar-refractivity contribution in [3.63, 3.8) is 0 Å². The average molecular weight is 306 g/mol. The summed E-state index contributed by atoms with van der Waals surface area (Å²) in [5.41, 5.74) is 0.582. The van der Waals surface area contributed by atoms with Crippen molar-refractivity contribution in [2.45, 2.75) is 18.7 Å². The Morgan fingerprint density at radius 3 is 2.48 bits per heavy atom. The molecule has 21 heavy (non-hydrogen) atoms. The van der Waals surface area contributed by atoms with Gasteiger partial charge in [0.15, 0.2) is 0 Å². The van der Waals surface area contributed by atoms with Gasteiger partial charge in [-0.05, 0) is 38.1 Å². The summed E-state index contributed by atoms with van der Waals surface area (Å²) in [5.74, 6) is 0.368. The number of rotatable bonds is 6. The molecule has 7 heteroatoms. The zero-order valence-corrected chi connectivity index (χ0v) is 12.8. The lowest BCUT2D eigenvalue weighted by Crippen LogP contribution is -2.31. The van der Waals surface area contributed by atoms with Gasteiger partial charge >= 0.3 is 0 Å². The minimum atomic E-state index is -3.68. The molecule has 2 heterocycles. The summed E-state index contributed by atoms with van der Waals surface area (Å²) >= 11 is 0. The molecule has 2 rings (SSSR count). The Kier molecular flexibility index (Phi) is 4.74. The number of sulfonamides is 1. The van der Waals surface area contributed by atoms with E-state index >= 15 is 0 Å². The van der Waals surface area contributed by atoms with Crippen molar-refractivity contribution in [3.05, 3.63) is 42.9 Å². The van der Waals surface area contributed by atoms with E-state index in [0.717, 1.165) is 0 Å². The highest BCUT2D eigenvalue weighted by atomic mass is 32.2. The van der Waals surface area contributed by atoms with Gasteiger partial charge in [-0.25, -0.2) is 13.4 Å². The van der Waals surface area contributed by atoms with Crippen LogP contribution in [0, 0.1) is 0 Å². The fourth-order valence-electron chi connectivity index (χ4n) is 2.02. The molecule has 0 aliphatic rings. The molecule has 0 saturated carbocycles. The van der Waals surface area contributed by atoms with Gasteiger partial charge in [0, 0.05) is 31.7 Å². The average Bonchev–Trinajstić information content (AvgIpc) is 2.49. The van der Waals surface area contributed by atoms with Crippen molar-refractivity contribution in [3.8, 4) is 0 Å². The van der Waals surface area contributed by atoms with E-state index in [-0.39, 0.29) is 4.90 Å². The number of nitrogens with zero attached hydrogens (tertiary/aromatic N) is 3. The lowest BCUT2D eigenvalue weighted by Gasteiger charge is -2.23. The molecular weight excluding hydrogens is 288 g/mol. The zero-order chi connectivity index (χ0) is 15.3. The Bertz CT molecular complexity index is 689. The highest BCUT2D eigenvalue weighted by Crippen LogP contribution is 2.26. The quantitative estimate of drug-likeness (QED) is 0.885. The van der Waals surface area contributed by atoms with Gasteiger partial charge in [-0.3, -0.25) is 9.29 Å². The maximum atomic E-state index is 12.9. The molecule has 0 unspecified atom stereocenters. The zero-order valence-electron chi connectivity index (χ0n) is 12.0. The van der Waals surface area contributed by atoms with Crippen molar-refractivity contribution < 1.29 is 8.42 Å². The lowest BCUT2D eigenvalue weighted by molar-refractivity contribution is 0.592. The Hall–Kier alpha value is -2.15. The Labute approximate surface area is 124 Å². The van der Waals surface area contributed by atoms with Crippen molar-refractivity contribution in [2.75, 3.05) is 22.7 Å². The topological polar surface area (TPSA) is 75.2 Å². The maximum absolute atomic E-state index is 12.9. The molecule has 0 aliphatic heterocycles. The molecule has 0 atom stereocenters. The van der Waals surface area contributed by atoms with Crippen LogP contribution in [0.4, 0.5) is 11.5 Å². The largest absolute Gasteiger partial charge is 0.369 e. The van der Waals surface area contributed by atoms with E-state index in [2.05, 4.69) is 15.3 Å². The van der Waals surface area contributed by atoms with Gasteiger partial charge in [-0.15, -0.1) is 0 Å². The van der Waals surface area contributed by atoms with Crippen molar-refractivity contribution in [1.82, 2.24) is 9.97 Å². The van der Waals surface area contributed by atoms with Crippen molar-refractivity contribution in [1.29, 1.82) is 0 Å². The SMILES string of the molecule is CCNc1ncccc1S(=O)(=O)N(CC)c1ccncc1. The highest BCUT2D eigenvalue weighted by Gasteiger charge is 2.26. The van der Waals surface area contributed by atoms with Crippen LogP contribution in [0.3, 0.4) is 0 Å². The number of nitrogens with one attached hydrogen (secondary N) is 1. The van der Waals surface area contributed by atoms with Gasteiger partial charge in [-0.1, -0.05) is 0 Å². The molecule has 112 valence electrons. The third kappa shape index (κ3) is 3.13. The summed E-state index contributed by atoms with van der Waals surface area (Å²) < 4.78 is 27.1. The number of pyridine rings is 2. The monoisotopic (exact) mass is 306 g/mol. The van der Waals surface area contributed by atoms with E-state index in [1.165, 1.54) is 4.31 Å². The Morgan fingerprint density at radius 2 is 1.86 bits per heavy atom. The first-order valence-electron chi connectivity index (χ1n) is 6.73. The maximum Gasteiger partial charge on any atom is 0.267 e. The van der Waals surface area contributed by atoms with Crippen LogP contribution in [0.5, 0.6) is 0 Å². The summed E-state index contributed by atoms with van der Waals surface area (Å²) in [5, 5.41) is 2.98. The van der Waals surface area contributed by atoms with Gasteiger partial charge in [0.05, 0.1) is 5.69 Å². The third-order valence-corrected chi connectivity index (χ3v) is 4.86. The van der Waals surface area contributed by atoms with Gasteiger partial charge in [0.2, 0.25) is 0 Å². The molecule has 0 radical (unpaired) electrons. The van der Waals surface area contributed by atoms with E-state index in [9.17, 15) is 8.42 Å². The second kappa shape index (κ2) is 6.53. The molecule has 0 saturated heterocycles. The van der Waals surface area contributed by atoms with E-state index in [1.54, 1.807) is 49.8 Å². The predicted octanol–water partition coefficient (Wildman–Crippen LogP) is 2.12. The third-order valence-electron chi connectivity index (χ3n) is 2.92. The van der Waals surface area contributed by atoms with E-state index < -0.39 is 10.0 Å². The summed E-state index contributed by atoms with van der Waals surface area (Å²) in [4.78, 5) is 8.21. The van der Waals surface area contributed by atoms with Gasteiger partial charge in [0.25, 0.3) is 10.0 Å². The van der Waals surface area contributed by atoms with E-state index in [1.807, 2.05) is 6.92 Å². The van der Waals surface area contributed by atoms with E-state index in [4.69, 9.17) is 0 Å². The molecule has 0 spiro atoms. The number of anilines is 2. The minimum Gasteiger partial charge on any atom is -0.369 e. The minimum absolute atomic E-state index is 0.172. The molecule has 6 nitrogen and oxygen atoms in total. The second-order valence-corrected chi connectivity index (χ2v) is 6.09. The van der Waals surface area contributed by atoms with Crippen molar-refractivity contribution >= 4 is 21.5 Å². The predicted molar refractivity (Wildman–Crippen MR) is 82.8 cm³/mol. The molecule has 2 aromatic rings. The van der Waals surface area contributed by atoms with Crippen LogP contribution < -0.4 is 9.62 Å². The Morgan fingerprint density at radius 1 is 1.14 bits per heavy atom. The summed E-state index contributed by atoms with van der Waals surface area (Å²) in [6.07, 6.45) is 4.71. The first-order valence-corrected chi connectivity index (χ1v) is 8.17. The standard InChI is InChI=1S/C14H18N4O2S/c1-3-16-14-13(6-5-9-17-14)21(19,20)18(4-2)12-7-10-15-11-8-12/h5-11H,3-4H2,1-2H3,(H,16,17). The van der Waals surface area contributed by atoms with E-state index in [0.29, 0.717) is 24.6 Å². The molecule has 2 aromatic heterocycles. The molecule has 0 aromatic carbocycles. The first kappa shape index (κ1) is 15.2. The lowest BCUT2D eigenvalue weighted by atomic mass is 10.4. The van der Waals surface area contributed by atoms with Crippen LogP contribution in [0.15, 0.2) is 47.8 Å². The Balaban J connectivity index is 2.50. The van der Waals surface area contributed by atoms with Crippen LogP contribution >= 0.6 is 0 Å². The van der Waals surface area contributed by atoms with Crippen LogP contribution in [-0.4, -0.2) is 31.5 Å². The molecular formula is C14H18N4O2S. The van der Waals surface area contributed by atoms with Crippen LogP contribution in [0.25, 0.3) is 0 Å². The summed E-state index contributed by atoms with van der Waals surface area (Å²) in [6.45, 7) is 4.61. The fourth-order valence-corrected chi connectivity index (χ4v) is 3.62. The fraction of sp³-hybridized carbons (Fsp3) is 0.286. The van der Waals surface area contributed by atoms with Gasteiger partial charge in [0.1, 0.15) is 10.7 Å².